The molecule has 3 heterocycles. The van der Waals surface area contributed by atoms with Crippen LogP contribution >= 0.6 is 0 Å². The Bertz CT molecular complexity index is 759. The Morgan fingerprint density at radius 1 is 1.28 bits per heavy atom. The van der Waals surface area contributed by atoms with E-state index in [1.165, 1.54) is 0 Å². The summed E-state index contributed by atoms with van der Waals surface area (Å²) in [5.74, 6) is 1.30. The van der Waals surface area contributed by atoms with Crippen LogP contribution < -0.4 is 10.2 Å². The van der Waals surface area contributed by atoms with E-state index in [4.69, 9.17) is 0 Å². The van der Waals surface area contributed by atoms with Gasteiger partial charge in [0, 0.05) is 43.2 Å². The molecule has 1 N–H and O–H groups in total. The lowest BCUT2D eigenvalue weighted by molar-refractivity contribution is -0.384. The molecule has 0 aliphatic carbocycles. The van der Waals surface area contributed by atoms with Crippen LogP contribution in [0, 0.1) is 17.0 Å². The van der Waals surface area contributed by atoms with E-state index < -0.39 is 0 Å². The first-order valence-corrected chi connectivity index (χ1v) is 8.50. The predicted octanol–water partition coefficient (Wildman–Crippen LogP) is 2.73. The maximum absolute atomic E-state index is 11.2. The summed E-state index contributed by atoms with van der Waals surface area (Å²) < 4.78 is 0. The minimum atomic E-state index is -0.384. The Morgan fingerprint density at radius 3 is 2.72 bits per heavy atom. The monoisotopic (exact) mass is 342 g/mol. The lowest BCUT2D eigenvalue weighted by Crippen LogP contribution is -2.39. The van der Waals surface area contributed by atoms with Gasteiger partial charge in [0.2, 0.25) is 5.82 Å². The first kappa shape index (κ1) is 17.1. The maximum atomic E-state index is 11.2. The van der Waals surface area contributed by atoms with Crippen LogP contribution in [0.3, 0.4) is 0 Å². The smallest absolute Gasteiger partial charge is 0.311 e. The number of nitro groups is 1. The van der Waals surface area contributed by atoms with Crippen molar-refractivity contribution in [2.45, 2.75) is 39.2 Å². The van der Waals surface area contributed by atoms with Crippen LogP contribution in [0.5, 0.6) is 0 Å². The van der Waals surface area contributed by atoms with E-state index in [0.29, 0.717) is 5.82 Å². The number of nitrogens with one attached hydrogen (secondary N) is 1. The molecule has 8 heteroatoms. The molecule has 1 aliphatic heterocycles. The minimum Gasteiger partial charge on any atom is -0.361 e. The molecule has 25 heavy (non-hydrogen) atoms. The first-order chi connectivity index (χ1) is 12.1. The third kappa shape index (κ3) is 4.01. The number of aryl methyl sites for hydroxylation is 2. The van der Waals surface area contributed by atoms with Crippen LogP contribution in [0.2, 0.25) is 0 Å². The summed E-state index contributed by atoms with van der Waals surface area (Å²) >= 11 is 0. The average Bonchev–Trinajstić information content (AvgIpc) is 2.63. The third-order valence-electron chi connectivity index (χ3n) is 4.43. The summed E-state index contributed by atoms with van der Waals surface area (Å²) in [6.07, 6.45) is 5.89. The van der Waals surface area contributed by atoms with Crippen molar-refractivity contribution in [3.63, 3.8) is 0 Å². The SMILES string of the molecule is CCc1cc(N2CCC(Nc3ncc(C)cc3[N+](=O)[O-])CC2)ncn1. The number of hydrogen-bond donors (Lipinski definition) is 1. The van der Waals surface area contributed by atoms with Crippen molar-refractivity contribution >= 4 is 17.3 Å². The Labute approximate surface area is 146 Å². The fourth-order valence-electron chi connectivity index (χ4n) is 3.00. The summed E-state index contributed by atoms with van der Waals surface area (Å²) in [4.78, 5) is 25.9. The van der Waals surface area contributed by atoms with Gasteiger partial charge >= 0.3 is 5.69 Å². The average molecular weight is 342 g/mol. The van der Waals surface area contributed by atoms with Crippen LogP contribution in [-0.4, -0.2) is 39.0 Å². The highest BCUT2D eigenvalue weighted by atomic mass is 16.6. The number of pyridine rings is 1. The highest BCUT2D eigenvalue weighted by Gasteiger charge is 2.24. The van der Waals surface area contributed by atoms with Gasteiger partial charge in [-0.1, -0.05) is 6.92 Å². The Balaban J connectivity index is 1.64. The largest absolute Gasteiger partial charge is 0.361 e. The maximum Gasteiger partial charge on any atom is 0.311 e. The van der Waals surface area contributed by atoms with Gasteiger partial charge in [0.1, 0.15) is 12.1 Å². The molecule has 0 spiro atoms. The van der Waals surface area contributed by atoms with Gasteiger partial charge in [-0.15, -0.1) is 0 Å². The van der Waals surface area contributed by atoms with E-state index in [0.717, 1.165) is 49.4 Å². The van der Waals surface area contributed by atoms with Crippen LogP contribution in [0.1, 0.15) is 31.0 Å². The van der Waals surface area contributed by atoms with Crippen molar-refractivity contribution in [1.29, 1.82) is 0 Å². The molecule has 0 radical (unpaired) electrons. The second-order valence-electron chi connectivity index (χ2n) is 6.26. The zero-order chi connectivity index (χ0) is 17.8. The van der Waals surface area contributed by atoms with Gasteiger partial charge < -0.3 is 10.2 Å². The molecule has 0 unspecified atom stereocenters. The molecule has 0 bridgehead atoms. The Kier molecular flexibility index (Phi) is 5.06. The summed E-state index contributed by atoms with van der Waals surface area (Å²) in [6, 6.07) is 3.75. The fourth-order valence-corrected chi connectivity index (χ4v) is 3.00. The Morgan fingerprint density at radius 2 is 2.04 bits per heavy atom. The van der Waals surface area contributed by atoms with E-state index in [2.05, 4.69) is 32.1 Å². The molecule has 1 fully saturated rings. The third-order valence-corrected chi connectivity index (χ3v) is 4.43. The van der Waals surface area contributed by atoms with Gasteiger partial charge in [-0.05, 0) is 31.7 Å². The van der Waals surface area contributed by atoms with Crippen LogP contribution in [0.25, 0.3) is 0 Å². The number of piperidine rings is 1. The molecular formula is C17H22N6O2. The van der Waals surface area contributed by atoms with Gasteiger partial charge in [-0.3, -0.25) is 10.1 Å². The van der Waals surface area contributed by atoms with Gasteiger partial charge in [0.25, 0.3) is 0 Å². The van der Waals surface area contributed by atoms with Gasteiger partial charge in [0.15, 0.2) is 0 Å². The van der Waals surface area contributed by atoms with Crippen LogP contribution in [0.4, 0.5) is 17.3 Å². The number of hydrogen-bond acceptors (Lipinski definition) is 7. The molecule has 132 valence electrons. The molecule has 0 atom stereocenters. The van der Waals surface area contributed by atoms with Crippen molar-refractivity contribution in [2.75, 3.05) is 23.3 Å². The van der Waals surface area contributed by atoms with Crippen molar-refractivity contribution in [1.82, 2.24) is 15.0 Å². The summed E-state index contributed by atoms with van der Waals surface area (Å²) in [5.41, 5.74) is 1.85. The highest BCUT2D eigenvalue weighted by molar-refractivity contribution is 5.57. The minimum absolute atomic E-state index is 0.0332. The van der Waals surface area contributed by atoms with E-state index in [9.17, 15) is 10.1 Å². The molecule has 8 nitrogen and oxygen atoms in total. The number of rotatable bonds is 5. The van der Waals surface area contributed by atoms with Crippen molar-refractivity contribution < 1.29 is 4.92 Å². The number of anilines is 2. The quantitative estimate of drug-likeness (QED) is 0.659. The highest BCUT2D eigenvalue weighted by Crippen LogP contribution is 2.26. The van der Waals surface area contributed by atoms with E-state index >= 15 is 0 Å². The van der Waals surface area contributed by atoms with Gasteiger partial charge in [-0.25, -0.2) is 15.0 Å². The second kappa shape index (κ2) is 7.42. The van der Waals surface area contributed by atoms with Crippen LogP contribution in [-0.2, 0) is 6.42 Å². The van der Waals surface area contributed by atoms with Crippen molar-refractivity contribution in [3.05, 3.63) is 46.0 Å². The number of aromatic nitrogens is 3. The zero-order valence-electron chi connectivity index (χ0n) is 14.5. The summed E-state index contributed by atoms with van der Waals surface area (Å²) in [7, 11) is 0. The first-order valence-electron chi connectivity index (χ1n) is 8.50. The molecule has 3 rings (SSSR count). The van der Waals surface area contributed by atoms with E-state index in [1.54, 1.807) is 25.5 Å². The zero-order valence-corrected chi connectivity index (χ0v) is 14.5. The normalized spacial score (nSPS) is 15.2. The lowest BCUT2D eigenvalue weighted by atomic mass is 10.0. The topological polar surface area (TPSA) is 97.1 Å². The standard InChI is InChI=1S/C17H22N6O2/c1-3-13-9-16(20-11-19-13)22-6-4-14(5-7-22)21-17-15(23(24)25)8-12(2)10-18-17/h8-11,14H,3-7H2,1-2H3,(H,18,21). The second-order valence-corrected chi connectivity index (χ2v) is 6.26. The molecule has 0 aromatic carbocycles. The number of nitrogens with zero attached hydrogens (tertiary/aromatic N) is 5. The van der Waals surface area contributed by atoms with Gasteiger partial charge in [-0.2, -0.15) is 0 Å². The summed E-state index contributed by atoms with van der Waals surface area (Å²) in [5, 5.41) is 14.5. The molecule has 2 aromatic heterocycles. The summed E-state index contributed by atoms with van der Waals surface area (Å²) in [6.45, 7) is 5.56. The molecule has 2 aromatic rings. The van der Waals surface area contributed by atoms with E-state index in [-0.39, 0.29) is 16.7 Å². The van der Waals surface area contributed by atoms with E-state index in [1.807, 2.05) is 6.07 Å². The molecule has 0 saturated carbocycles. The predicted molar refractivity (Wildman–Crippen MR) is 95.9 cm³/mol. The fraction of sp³-hybridized carbons (Fsp3) is 0.471. The van der Waals surface area contributed by atoms with Gasteiger partial charge in [0.05, 0.1) is 4.92 Å². The lowest BCUT2D eigenvalue weighted by Gasteiger charge is -2.33. The molecule has 1 aliphatic rings. The Hall–Kier alpha value is -2.77. The molecule has 0 amide bonds. The van der Waals surface area contributed by atoms with Crippen molar-refractivity contribution in [3.8, 4) is 0 Å². The molecule has 1 saturated heterocycles. The van der Waals surface area contributed by atoms with Crippen LogP contribution in [0.15, 0.2) is 24.7 Å². The van der Waals surface area contributed by atoms with Crippen molar-refractivity contribution in [2.24, 2.45) is 0 Å². The molecular weight excluding hydrogens is 320 g/mol.